The summed E-state index contributed by atoms with van der Waals surface area (Å²) in [5, 5.41) is 9.87. The molecule has 1 aliphatic rings. The third-order valence-electron chi connectivity index (χ3n) is 2.86. The van der Waals surface area contributed by atoms with Crippen LogP contribution < -0.4 is 5.32 Å². The average molecular weight is 201 g/mol. The Morgan fingerprint density at radius 2 is 2.33 bits per heavy atom. The first-order chi connectivity index (χ1) is 7.31. The van der Waals surface area contributed by atoms with Crippen molar-refractivity contribution in [3.05, 3.63) is 35.8 Å². The number of nitrogens with zero attached hydrogens (tertiary/aromatic N) is 2. The van der Waals surface area contributed by atoms with Crippen LogP contribution in [0.4, 0.5) is 5.82 Å². The van der Waals surface area contributed by atoms with Crippen LogP contribution in [0.1, 0.15) is 18.1 Å². The summed E-state index contributed by atoms with van der Waals surface area (Å²) in [6.07, 6.45) is 7.30. The van der Waals surface area contributed by atoms with Crippen LogP contribution in [-0.2, 0) is 5.54 Å². The van der Waals surface area contributed by atoms with Gasteiger partial charge in [-0.2, -0.15) is 5.10 Å². The summed E-state index contributed by atoms with van der Waals surface area (Å²) >= 11 is 0. The molecule has 0 radical (unpaired) electrons. The molecular formula is C10H11N5. The SMILES string of the molecule is CC1(c2cn[nH]c2)N=CNc2[nH]ccc21. The zero-order valence-corrected chi connectivity index (χ0v) is 8.28. The lowest BCUT2D eigenvalue weighted by molar-refractivity contribution is 0.608. The molecule has 1 unspecified atom stereocenters. The van der Waals surface area contributed by atoms with E-state index in [-0.39, 0.29) is 5.54 Å². The van der Waals surface area contributed by atoms with Gasteiger partial charge >= 0.3 is 0 Å². The van der Waals surface area contributed by atoms with E-state index in [4.69, 9.17) is 0 Å². The monoisotopic (exact) mass is 201 g/mol. The van der Waals surface area contributed by atoms with Gasteiger partial charge in [0.05, 0.1) is 12.5 Å². The van der Waals surface area contributed by atoms with Gasteiger partial charge < -0.3 is 10.3 Å². The highest BCUT2D eigenvalue weighted by molar-refractivity contribution is 5.80. The molecule has 0 spiro atoms. The van der Waals surface area contributed by atoms with E-state index in [9.17, 15) is 0 Å². The summed E-state index contributed by atoms with van der Waals surface area (Å²) < 4.78 is 0. The van der Waals surface area contributed by atoms with Crippen molar-refractivity contribution in [2.75, 3.05) is 5.32 Å². The number of aromatic amines is 2. The number of nitrogens with one attached hydrogen (secondary N) is 3. The predicted molar refractivity (Wildman–Crippen MR) is 57.9 cm³/mol. The summed E-state index contributed by atoms with van der Waals surface area (Å²) in [5.74, 6) is 0.994. The predicted octanol–water partition coefficient (Wildman–Crippen LogP) is 1.46. The molecule has 1 aliphatic heterocycles. The first kappa shape index (κ1) is 8.28. The summed E-state index contributed by atoms with van der Waals surface area (Å²) in [7, 11) is 0. The fourth-order valence-corrected chi connectivity index (χ4v) is 1.94. The molecule has 0 bridgehead atoms. The molecule has 5 nitrogen and oxygen atoms in total. The summed E-state index contributed by atoms with van der Waals surface area (Å²) in [6, 6.07) is 2.03. The van der Waals surface area contributed by atoms with Crippen molar-refractivity contribution in [1.29, 1.82) is 0 Å². The maximum atomic E-state index is 4.50. The minimum absolute atomic E-state index is 0.354. The molecule has 5 heteroatoms. The smallest absolute Gasteiger partial charge is 0.116 e. The number of hydrogen-bond acceptors (Lipinski definition) is 3. The lowest BCUT2D eigenvalue weighted by atomic mass is 9.88. The molecule has 3 N–H and O–H groups in total. The van der Waals surface area contributed by atoms with Gasteiger partial charge in [0, 0.05) is 23.5 Å². The molecule has 3 heterocycles. The molecule has 0 aromatic carbocycles. The Morgan fingerprint density at radius 3 is 3.13 bits per heavy atom. The first-order valence-corrected chi connectivity index (χ1v) is 4.78. The number of hydrogen-bond donors (Lipinski definition) is 3. The number of anilines is 1. The van der Waals surface area contributed by atoms with E-state index in [1.165, 1.54) is 0 Å². The van der Waals surface area contributed by atoms with Crippen LogP contribution in [0.15, 0.2) is 29.6 Å². The molecule has 2 aromatic heterocycles. The van der Waals surface area contributed by atoms with E-state index in [2.05, 4.69) is 32.4 Å². The molecule has 15 heavy (non-hydrogen) atoms. The van der Waals surface area contributed by atoms with Crippen LogP contribution >= 0.6 is 0 Å². The Kier molecular flexibility index (Phi) is 1.50. The van der Waals surface area contributed by atoms with Crippen molar-refractivity contribution in [3.8, 4) is 0 Å². The van der Waals surface area contributed by atoms with Crippen molar-refractivity contribution < 1.29 is 0 Å². The van der Waals surface area contributed by atoms with Crippen molar-refractivity contribution >= 4 is 12.2 Å². The van der Waals surface area contributed by atoms with Gasteiger partial charge in [0.15, 0.2) is 0 Å². The molecule has 0 fully saturated rings. The second-order valence-electron chi connectivity index (χ2n) is 3.73. The van der Waals surface area contributed by atoms with Gasteiger partial charge in [0.25, 0.3) is 0 Å². The quantitative estimate of drug-likeness (QED) is 0.653. The van der Waals surface area contributed by atoms with Gasteiger partial charge in [-0.05, 0) is 13.0 Å². The van der Waals surface area contributed by atoms with Gasteiger partial charge in [-0.25, -0.2) is 0 Å². The van der Waals surface area contributed by atoms with Crippen LogP contribution in [0.5, 0.6) is 0 Å². The van der Waals surface area contributed by atoms with Gasteiger partial charge in [-0.3, -0.25) is 10.1 Å². The summed E-state index contributed by atoms with van der Waals surface area (Å²) in [5.41, 5.74) is 1.83. The summed E-state index contributed by atoms with van der Waals surface area (Å²) in [4.78, 5) is 7.64. The van der Waals surface area contributed by atoms with Gasteiger partial charge in [0.2, 0.25) is 0 Å². The molecule has 2 aromatic rings. The molecular weight excluding hydrogens is 190 g/mol. The standard InChI is InChI=1S/C10H11N5/c1-10(7-4-14-15-5-7)8-2-3-11-9(8)12-6-13-10/h2-6,11H,1H3,(H,12,13)(H,14,15). The van der Waals surface area contributed by atoms with Crippen molar-refractivity contribution in [2.24, 2.45) is 4.99 Å². The van der Waals surface area contributed by atoms with E-state index in [0.29, 0.717) is 0 Å². The Bertz CT molecular complexity index is 496. The zero-order valence-electron chi connectivity index (χ0n) is 8.28. The first-order valence-electron chi connectivity index (χ1n) is 4.78. The van der Waals surface area contributed by atoms with Gasteiger partial charge in [0.1, 0.15) is 11.4 Å². The van der Waals surface area contributed by atoms with Crippen molar-refractivity contribution in [2.45, 2.75) is 12.5 Å². The Hall–Kier alpha value is -2.04. The van der Waals surface area contributed by atoms with Crippen LogP contribution in [0.25, 0.3) is 0 Å². The Balaban J connectivity index is 2.20. The Morgan fingerprint density at radius 1 is 1.40 bits per heavy atom. The minimum Gasteiger partial charge on any atom is -0.348 e. The van der Waals surface area contributed by atoms with Crippen LogP contribution in [0.3, 0.4) is 0 Å². The highest BCUT2D eigenvalue weighted by Crippen LogP contribution is 2.38. The summed E-state index contributed by atoms with van der Waals surface area (Å²) in [6.45, 7) is 2.07. The number of fused-ring (bicyclic) bond motifs is 1. The highest BCUT2D eigenvalue weighted by Gasteiger charge is 2.33. The van der Waals surface area contributed by atoms with E-state index >= 15 is 0 Å². The second kappa shape index (κ2) is 2.73. The van der Waals surface area contributed by atoms with E-state index in [1.807, 2.05) is 18.5 Å². The van der Waals surface area contributed by atoms with E-state index < -0.39 is 0 Å². The number of H-pyrrole nitrogens is 2. The topological polar surface area (TPSA) is 68.9 Å². The van der Waals surface area contributed by atoms with Gasteiger partial charge in [-0.15, -0.1) is 0 Å². The molecule has 1 atom stereocenters. The number of rotatable bonds is 1. The van der Waals surface area contributed by atoms with E-state index in [0.717, 1.165) is 16.9 Å². The third kappa shape index (κ3) is 1.03. The average Bonchev–Trinajstić information content (AvgIpc) is 2.89. The molecule has 0 saturated heterocycles. The normalized spacial score (nSPS) is 23.5. The fraction of sp³-hybridized carbons (Fsp3) is 0.200. The minimum atomic E-state index is -0.354. The molecule has 0 amide bonds. The zero-order chi connectivity index (χ0) is 10.3. The number of aromatic nitrogens is 3. The molecule has 0 saturated carbocycles. The maximum Gasteiger partial charge on any atom is 0.116 e. The van der Waals surface area contributed by atoms with Crippen LogP contribution in [0, 0.1) is 0 Å². The van der Waals surface area contributed by atoms with Crippen molar-refractivity contribution in [1.82, 2.24) is 15.2 Å². The fourth-order valence-electron chi connectivity index (χ4n) is 1.94. The Labute approximate surface area is 86.6 Å². The lowest BCUT2D eigenvalue weighted by Gasteiger charge is -2.27. The van der Waals surface area contributed by atoms with Crippen LogP contribution in [0.2, 0.25) is 0 Å². The second-order valence-corrected chi connectivity index (χ2v) is 3.73. The van der Waals surface area contributed by atoms with Crippen LogP contribution in [-0.4, -0.2) is 21.5 Å². The maximum absolute atomic E-state index is 4.50. The van der Waals surface area contributed by atoms with Gasteiger partial charge in [-0.1, -0.05) is 0 Å². The molecule has 3 rings (SSSR count). The number of aliphatic imine (C=N–C) groups is 1. The molecule has 0 aliphatic carbocycles. The van der Waals surface area contributed by atoms with E-state index in [1.54, 1.807) is 12.5 Å². The molecule has 76 valence electrons. The highest BCUT2D eigenvalue weighted by atomic mass is 15.1. The van der Waals surface area contributed by atoms with Crippen molar-refractivity contribution in [3.63, 3.8) is 0 Å². The lowest BCUT2D eigenvalue weighted by Crippen LogP contribution is -2.26. The largest absolute Gasteiger partial charge is 0.348 e. The third-order valence-corrected chi connectivity index (χ3v) is 2.86.